The summed E-state index contributed by atoms with van der Waals surface area (Å²) in [4.78, 5) is 10.3. The van der Waals surface area contributed by atoms with E-state index in [1.54, 1.807) is 0 Å². The number of carboxylic acids is 1. The van der Waals surface area contributed by atoms with Crippen molar-refractivity contribution in [1.29, 1.82) is 0 Å². The number of hydrogen-bond acceptors (Lipinski definition) is 5. The number of nitrogens with zero attached hydrogens (tertiary/aromatic N) is 2. The van der Waals surface area contributed by atoms with Crippen LogP contribution in [0.4, 0.5) is 0 Å². The molecule has 1 aromatic carbocycles. The molecule has 1 N–H and O–H groups in total. The van der Waals surface area contributed by atoms with Gasteiger partial charge >= 0.3 is 5.97 Å². The summed E-state index contributed by atoms with van der Waals surface area (Å²) < 4.78 is 5.43. The van der Waals surface area contributed by atoms with Gasteiger partial charge < -0.3 is 9.52 Å². The Labute approximate surface area is 108 Å². The molecule has 2 aromatic rings. The van der Waals surface area contributed by atoms with Gasteiger partial charge in [-0.1, -0.05) is 30.3 Å². The van der Waals surface area contributed by atoms with Crippen molar-refractivity contribution in [2.45, 2.75) is 12.2 Å². The van der Waals surface area contributed by atoms with Gasteiger partial charge in [0.2, 0.25) is 11.8 Å². The van der Waals surface area contributed by atoms with Crippen molar-refractivity contribution in [3.63, 3.8) is 0 Å². The van der Waals surface area contributed by atoms with Crippen LogP contribution in [-0.2, 0) is 17.0 Å². The highest BCUT2D eigenvalue weighted by atomic mass is 32.2. The zero-order valence-corrected chi connectivity index (χ0v) is 10.4. The second kappa shape index (κ2) is 6.20. The summed E-state index contributed by atoms with van der Waals surface area (Å²) in [6, 6.07) is 9.84. The Bertz CT molecular complexity index is 513. The number of aromatic nitrogens is 2. The summed E-state index contributed by atoms with van der Waals surface area (Å²) in [6.45, 7) is 0. The smallest absolute Gasteiger partial charge is 0.313 e. The molecular weight excluding hydrogens is 252 g/mol. The molecule has 0 amide bonds. The van der Waals surface area contributed by atoms with Crippen LogP contribution in [-0.4, -0.2) is 27.0 Å². The highest BCUT2D eigenvalue weighted by Crippen LogP contribution is 2.13. The average Bonchev–Trinajstić information content (AvgIpc) is 2.78. The Balaban J connectivity index is 1.88. The predicted octanol–water partition coefficient (Wildman–Crippen LogP) is 1.98. The molecule has 0 aliphatic carbocycles. The molecule has 0 aliphatic rings. The molecule has 94 valence electrons. The lowest BCUT2D eigenvalue weighted by atomic mass is 10.2. The van der Waals surface area contributed by atoms with E-state index in [9.17, 15) is 4.79 Å². The third-order valence-corrected chi connectivity index (χ3v) is 3.06. The lowest BCUT2D eigenvalue weighted by Crippen LogP contribution is -1.98. The number of aliphatic carboxylic acids is 1. The number of benzene rings is 1. The molecule has 0 saturated carbocycles. The Morgan fingerprint density at radius 1 is 1.22 bits per heavy atom. The molecule has 0 aliphatic heterocycles. The fourth-order valence-corrected chi connectivity index (χ4v) is 1.98. The largest absolute Gasteiger partial charge is 0.481 e. The minimum absolute atomic E-state index is 0.0381. The number of carbonyl (C=O) groups is 1. The molecule has 1 heterocycles. The number of carboxylic acid groups (broad SMARTS) is 1. The third-order valence-electron chi connectivity index (χ3n) is 2.16. The Hall–Kier alpha value is -1.82. The van der Waals surface area contributed by atoms with Crippen molar-refractivity contribution < 1.29 is 14.3 Å². The van der Waals surface area contributed by atoms with Gasteiger partial charge in [0, 0.05) is 0 Å². The summed E-state index contributed by atoms with van der Waals surface area (Å²) in [5, 5.41) is 16.3. The van der Waals surface area contributed by atoms with E-state index in [0.717, 1.165) is 5.56 Å². The van der Waals surface area contributed by atoms with Crippen LogP contribution in [0.25, 0.3) is 0 Å². The van der Waals surface area contributed by atoms with Crippen LogP contribution in [0.15, 0.2) is 34.7 Å². The fraction of sp³-hybridized carbons (Fsp3) is 0.250. The van der Waals surface area contributed by atoms with E-state index >= 15 is 0 Å². The van der Waals surface area contributed by atoms with Gasteiger partial charge in [0.25, 0.3) is 0 Å². The molecule has 2 rings (SSSR count). The molecule has 0 fully saturated rings. The average molecular weight is 264 g/mol. The van der Waals surface area contributed by atoms with Gasteiger partial charge in [-0.3, -0.25) is 4.79 Å². The van der Waals surface area contributed by atoms with Gasteiger partial charge in [-0.15, -0.1) is 22.0 Å². The lowest BCUT2D eigenvalue weighted by Gasteiger charge is -1.95. The topological polar surface area (TPSA) is 76.2 Å². The van der Waals surface area contributed by atoms with E-state index in [1.165, 1.54) is 11.8 Å². The normalized spacial score (nSPS) is 10.4. The molecule has 5 nitrogen and oxygen atoms in total. The van der Waals surface area contributed by atoms with Gasteiger partial charge in [-0.05, 0) is 5.56 Å². The van der Waals surface area contributed by atoms with E-state index in [-0.39, 0.29) is 5.75 Å². The first-order chi connectivity index (χ1) is 8.74. The van der Waals surface area contributed by atoms with Crippen LogP contribution in [0.3, 0.4) is 0 Å². The minimum atomic E-state index is -0.843. The molecule has 6 heteroatoms. The Kier molecular flexibility index (Phi) is 4.35. The molecule has 1 aromatic heterocycles. The third kappa shape index (κ3) is 3.89. The molecule has 0 bridgehead atoms. The van der Waals surface area contributed by atoms with Gasteiger partial charge in [0.05, 0.1) is 17.9 Å². The molecule has 0 saturated heterocycles. The van der Waals surface area contributed by atoms with Crippen LogP contribution in [0.1, 0.15) is 17.3 Å². The summed E-state index contributed by atoms with van der Waals surface area (Å²) in [5.41, 5.74) is 1.10. The van der Waals surface area contributed by atoms with E-state index in [4.69, 9.17) is 9.52 Å². The van der Waals surface area contributed by atoms with E-state index in [0.29, 0.717) is 24.0 Å². The summed E-state index contributed by atoms with van der Waals surface area (Å²) in [5.74, 6) is 0.633. The summed E-state index contributed by atoms with van der Waals surface area (Å²) in [6.07, 6.45) is 0.595. The van der Waals surface area contributed by atoms with Crippen LogP contribution < -0.4 is 0 Å². The molecule has 0 atom stereocenters. The minimum Gasteiger partial charge on any atom is -0.481 e. The van der Waals surface area contributed by atoms with Crippen molar-refractivity contribution >= 4 is 17.7 Å². The van der Waals surface area contributed by atoms with Gasteiger partial charge in [0.15, 0.2) is 0 Å². The van der Waals surface area contributed by atoms with Gasteiger partial charge in [-0.2, -0.15) is 0 Å². The molecular formula is C12H12N2O3S. The zero-order valence-electron chi connectivity index (χ0n) is 9.57. The predicted molar refractivity (Wildman–Crippen MR) is 67.3 cm³/mol. The molecule has 0 spiro atoms. The number of rotatable bonds is 6. The van der Waals surface area contributed by atoms with Crippen LogP contribution in [0.5, 0.6) is 0 Å². The van der Waals surface area contributed by atoms with E-state index in [1.807, 2.05) is 30.3 Å². The van der Waals surface area contributed by atoms with Crippen LogP contribution >= 0.6 is 11.8 Å². The highest BCUT2D eigenvalue weighted by molar-refractivity contribution is 7.99. The first-order valence-corrected chi connectivity index (χ1v) is 6.54. The Morgan fingerprint density at radius 3 is 2.67 bits per heavy atom. The van der Waals surface area contributed by atoms with Crippen molar-refractivity contribution in [1.82, 2.24) is 10.2 Å². The first-order valence-electron chi connectivity index (χ1n) is 5.39. The van der Waals surface area contributed by atoms with Crippen molar-refractivity contribution in [2.24, 2.45) is 0 Å². The maximum Gasteiger partial charge on any atom is 0.313 e. The molecule has 0 radical (unpaired) electrons. The lowest BCUT2D eigenvalue weighted by molar-refractivity contribution is -0.133. The second-order valence-electron chi connectivity index (χ2n) is 3.64. The number of hydrogen-bond donors (Lipinski definition) is 1. The molecule has 18 heavy (non-hydrogen) atoms. The monoisotopic (exact) mass is 264 g/mol. The van der Waals surface area contributed by atoms with E-state index in [2.05, 4.69) is 10.2 Å². The maximum absolute atomic E-state index is 10.3. The first kappa shape index (κ1) is 12.6. The van der Waals surface area contributed by atoms with Gasteiger partial charge in [-0.25, -0.2) is 0 Å². The quantitative estimate of drug-likeness (QED) is 0.859. The van der Waals surface area contributed by atoms with Crippen LogP contribution in [0, 0.1) is 0 Å². The van der Waals surface area contributed by atoms with Crippen molar-refractivity contribution in [3.8, 4) is 0 Å². The van der Waals surface area contributed by atoms with E-state index < -0.39 is 5.97 Å². The highest BCUT2D eigenvalue weighted by Gasteiger charge is 2.07. The van der Waals surface area contributed by atoms with Crippen molar-refractivity contribution in [3.05, 3.63) is 47.7 Å². The second-order valence-corrected chi connectivity index (χ2v) is 4.62. The number of thioether (sulfide) groups is 1. The van der Waals surface area contributed by atoms with Crippen LogP contribution in [0.2, 0.25) is 0 Å². The van der Waals surface area contributed by atoms with Crippen molar-refractivity contribution in [2.75, 3.05) is 5.75 Å². The summed E-state index contributed by atoms with van der Waals surface area (Å²) >= 11 is 1.24. The standard InChI is InChI=1S/C12H12N2O3S/c15-12(16)8-18-7-11-14-13-10(17-11)6-9-4-2-1-3-5-9/h1-5H,6-8H2,(H,15,16). The zero-order chi connectivity index (χ0) is 12.8. The van der Waals surface area contributed by atoms with Gasteiger partial charge in [0.1, 0.15) is 0 Å². The fourth-order valence-electron chi connectivity index (χ4n) is 1.41. The molecule has 0 unspecified atom stereocenters. The Morgan fingerprint density at radius 2 is 1.94 bits per heavy atom. The maximum atomic E-state index is 10.3. The summed E-state index contributed by atoms with van der Waals surface area (Å²) in [7, 11) is 0. The SMILES string of the molecule is O=C(O)CSCc1nnc(Cc2ccccc2)o1.